The second kappa shape index (κ2) is 11.0. The number of aromatic nitrogens is 2. The zero-order valence-electron chi connectivity index (χ0n) is 26.5. The lowest BCUT2D eigenvalue weighted by Crippen LogP contribution is -2.11. The summed E-state index contributed by atoms with van der Waals surface area (Å²) in [5, 5.41) is 7.04. The minimum atomic E-state index is 0.615. The lowest BCUT2D eigenvalue weighted by Gasteiger charge is -2.27. The van der Waals surface area contributed by atoms with Crippen LogP contribution in [0, 0.1) is 0 Å². The number of hydrogen-bond acceptors (Lipinski definition) is 3. The zero-order chi connectivity index (χ0) is 32.3. The summed E-state index contributed by atoms with van der Waals surface area (Å²) >= 11 is 0. The molecular formula is C45H29N3O. The van der Waals surface area contributed by atoms with Crippen LogP contribution in [0.15, 0.2) is 180 Å². The van der Waals surface area contributed by atoms with Crippen molar-refractivity contribution in [3.63, 3.8) is 0 Å². The maximum Gasteiger partial charge on any atom is 0.227 e. The molecule has 0 spiro atoms. The number of oxazole rings is 1. The van der Waals surface area contributed by atoms with Crippen molar-refractivity contribution in [3.05, 3.63) is 176 Å². The molecule has 0 amide bonds. The van der Waals surface area contributed by atoms with E-state index in [4.69, 9.17) is 9.40 Å². The van der Waals surface area contributed by atoms with E-state index in [9.17, 15) is 0 Å². The number of nitrogens with zero attached hydrogens (tertiary/aromatic N) is 3. The van der Waals surface area contributed by atoms with Gasteiger partial charge in [-0.3, -0.25) is 0 Å². The van der Waals surface area contributed by atoms with Crippen LogP contribution in [0.25, 0.3) is 71.6 Å². The Bertz CT molecular complexity index is 2760. The Balaban J connectivity index is 1.23. The van der Waals surface area contributed by atoms with Gasteiger partial charge in [-0.1, -0.05) is 109 Å². The summed E-state index contributed by atoms with van der Waals surface area (Å²) in [5.74, 6) is 0.615. The van der Waals surface area contributed by atoms with Crippen molar-refractivity contribution in [1.82, 2.24) is 9.55 Å². The van der Waals surface area contributed by atoms with Crippen LogP contribution < -0.4 is 4.90 Å². The van der Waals surface area contributed by atoms with Crippen molar-refractivity contribution in [2.45, 2.75) is 0 Å². The molecule has 10 rings (SSSR count). The lowest BCUT2D eigenvalue weighted by molar-refractivity contribution is 0.620. The first-order valence-electron chi connectivity index (χ1n) is 16.6. The van der Waals surface area contributed by atoms with Gasteiger partial charge in [-0.05, 0) is 71.4 Å². The maximum atomic E-state index is 6.55. The van der Waals surface area contributed by atoms with Crippen molar-refractivity contribution in [2.24, 2.45) is 0 Å². The molecule has 0 aliphatic rings. The smallest absolute Gasteiger partial charge is 0.227 e. The summed E-state index contributed by atoms with van der Waals surface area (Å²) in [5.41, 5.74) is 9.20. The SMILES string of the molecule is c1ccc(-c2nc3c(cc(N(c4ccccc4)c4ccc(-n5c6ccccc6c6ccccc65)cc4)c4c5ccccc5ccc34)o2)cc1. The van der Waals surface area contributed by atoms with E-state index in [1.165, 1.54) is 32.6 Å². The molecule has 0 atom stereocenters. The Morgan fingerprint density at radius 1 is 0.490 bits per heavy atom. The summed E-state index contributed by atoms with van der Waals surface area (Å²) < 4.78 is 8.90. The first-order valence-corrected chi connectivity index (χ1v) is 16.6. The molecule has 0 radical (unpaired) electrons. The molecule has 0 unspecified atom stereocenters. The summed E-state index contributed by atoms with van der Waals surface area (Å²) in [6.45, 7) is 0. The molecule has 10 aromatic rings. The van der Waals surface area contributed by atoms with Crippen molar-refractivity contribution >= 4 is 71.5 Å². The van der Waals surface area contributed by atoms with Crippen LogP contribution in [-0.2, 0) is 0 Å². The highest BCUT2D eigenvalue weighted by molar-refractivity contribution is 6.22. The predicted octanol–water partition coefficient (Wildman–Crippen LogP) is 12.4. The number of para-hydroxylation sites is 3. The second-order valence-electron chi connectivity index (χ2n) is 12.4. The average molecular weight is 628 g/mol. The summed E-state index contributed by atoms with van der Waals surface area (Å²) in [7, 11) is 0. The van der Waals surface area contributed by atoms with E-state index in [-0.39, 0.29) is 0 Å². The maximum absolute atomic E-state index is 6.55. The summed E-state index contributed by atoms with van der Waals surface area (Å²) in [4.78, 5) is 7.41. The fraction of sp³-hybridized carbons (Fsp3) is 0. The summed E-state index contributed by atoms with van der Waals surface area (Å²) in [6.07, 6.45) is 0. The molecule has 0 saturated heterocycles. The van der Waals surface area contributed by atoms with E-state index in [1.807, 2.05) is 30.3 Å². The van der Waals surface area contributed by atoms with Gasteiger partial charge in [-0.2, -0.15) is 0 Å². The lowest BCUT2D eigenvalue weighted by atomic mass is 9.98. The third-order valence-electron chi connectivity index (χ3n) is 9.58. The molecule has 230 valence electrons. The van der Waals surface area contributed by atoms with Crippen molar-refractivity contribution in [3.8, 4) is 17.1 Å². The molecule has 8 aromatic carbocycles. The molecule has 0 bridgehead atoms. The monoisotopic (exact) mass is 627 g/mol. The van der Waals surface area contributed by atoms with Gasteiger partial charge in [0.25, 0.3) is 0 Å². The van der Waals surface area contributed by atoms with E-state index < -0.39 is 0 Å². The number of anilines is 3. The Morgan fingerprint density at radius 2 is 1.08 bits per heavy atom. The van der Waals surface area contributed by atoms with Gasteiger partial charge in [0.15, 0.2) is 5.58 Å². The fourth-order valence-corrected chi connectivity index (χ4v) is 7.40. The molecule has 4 heteroatoms. The van der Waals surface area contributed by atoms with Crippen LogP contribution in [-0.4, -0.2) is 9.55 Å². The van der Waals surface area contributed by atoms with E-state index in [0.717, 1.165) is 50.2 Å². The Morgan fingerprint density at radius 3 is 1.80 bits per heavy atom. The number of fused-ring (bicyclic) bond motifs is 8. The van der Waals surface area contributed by atoms with Gasteiger partial charge in [0.1, 0.15) is 5.52 Å². The molecule has 49 heavy (non-hydrogen) atoms. The number of benzene rings is 8. The van der Waals surface area contributed by atoms with Crippen molar-refractivity contribution in [2.75, 3.05) is 4.90 Å². The van der Waals surface area contributed by atoms with Gasteiger partial charge in [0, 0.05) is 50.2 Å². The van der Waals surface area contributed by atoms with E-state index in [1.54, 1.807) is 0 Å². The Kier molecular flexibility index (Phi) is 6.15. The van der Waals surface area contributed by atoms with Gasteiger partial charge in [-0.25, -0.2) is 4.98 Å². The summed E-state index contributed by atoms with van der Waals surface area (Å²) in [6, 6.07) is 62.0. The molecule has 2 aromatic heterocycles. The fourth-order valence-electron chi connectivity index (χ4n) is 7.40. The minimum Gasteiger partial charge on any atom is -0.436 e. The number of rotatable bonds is 5. The van der Waals surface area contributed by atoms with Crippen molar-refractivity contribution < 1.29 is 4.42 Å². The molecule has 0 saturated carbocycles. The van der Waals surface area contributed by atoms with Crippen LogP contribution in [0.2, 0.25) is 0 Å². The largest absolute Gasteiger partial charge is 0.436 e. The normalized spacial score (nSPS) is 11.7. The molecule has 0 aliphatic heterocycles. The molecular weight excluding hydrogens is 599 g/mol. The molecule has 0 fully saturated rings. The highest BCUT2D eigenvalue weighted by Gasteiger charge is 2.22. The van der Waals surface area contributed by atoms with Crippen LogP contribution in [0.3, 0.4) is 0 Å². The van der Waals surface area contributed by atoms with Crippen LogP contribution in [0.1, 0.15) is 0 Å². The third kappa shape index (κ3) is 4.35. The van der Waals surface area contributed by atoms with Gasteiger partial charge in [-0.15, -0.1) is 0 Å². The van der Waals surface area contributed by atoms with E-state index >= 15 is 0 Å². The molecule has 4 nitrogen and oxygen atoms in total. The van der Waals surface area contributed by atoms with Crippen LogP contribution in [0.5, 0.6) is 0 Å². The van der Waals surface area contributed by atoms with Crippen LogP contribution >= 0.6 is 0 Å². The zero-order valence-corrected chi connectivity index (χ0v) is 26.5. The van der Waals surface area contributed by atoms with E-state index in [2.05, 4.69) is 155 Å². The second-order valence-corrected chi connectivity index (χ2v) is 12.4. The first-order chi connectivity index (χ1) is 24.3. The van der Waals surface area contributed by atoms with Gasteiger partial charge >= 0.3 is 0 Å². The van der Waals surface area contributed by atoms with Gasteiger partial charge < -0.3 is 13.9 Å². The molecule has 0 N–H and O–H groups in total. The quantitative estimate of drug-likeness (QED) is 0.178. The Hall–Kier alpha value is -6.65. The average Bonchev–Trinajstić information content (AvgIpc) is 3.76. The van der Waals surface area contributed by atoms with E-state index in [0.29, 0.717) is 5.89 Å². The minimum absolute atomic E-state index is 0.615. The molecule has 2 heterocycles. The topological polar surface area (TPSA) is 34.2 Å². The van der Waals surface area contributed by atoms with Gasteiger partial charge in [0.05, 0.1) is 16.7 Å². The van der Waals surface area contributed by atoms with Crippen molar-refractivity contribution in [1.29, 1.82) is 0 Å². The highest BCUT2D eigenvalue weighted by atomic mass is 16.3. The molecule has 0 aliphatic carbocycles. The Labute approximate surface area is 282 Å². The van der Waals surface area contributed by atoms with Gasteiger partial charge in [0.2, 0.25) is 5.89 Å². The highest BCUT2D eigenvalue weighted by Crippen LogP contribution is 2.45. The first kappa shape index (κ1) is 27.5. The predicted molar refractivity (Wildman–Crippen MR) is 203 cm³/mol. The van der Waals surface area contributed by atoms with Crippen LogP contribution in [0.4, 0.5) is 17.1 Å². The standard InChI is InChI=1S/C45H29N3O/c1-3-14-31(15-4-1)45-46-44-38-28-23-30-13-7-8-18-35(30)43(38)41(29-42(44)49-45)47(32-16-5-2-6-17-32)33-24-26-34(27-25-33)48-39-21-11-9-19-36(39)37-20-10-12-22-40(37)48/h1-29H. The number of hydrogen-bond donors (Lipinski definition) is 0. The third-order valence-corrected chi connectivity index (χ3v) is 9.58.